The fourth-order valence-electron chi connectivity index (χ4n) is 3.73. The van der Waals surface area contributed by atoms with E-state index in [2.05, 4.69) is 24.3 Å². The highest BCUT2D eigenvalue weighted by atomic mass is 32.2. The number of hydrogen-bond donors (Lipinski definition) is 0. The lowest BCUT2D eigenvalue weighted by Crippen LogP contribution is -2.51. The Bertz CT molecular complexity index is 1070. The van der Waals surface area contributed by atoms with Crippen LogP contribution in [-0.4, -0.2) is 57.8 Å². The summed E-state index contributed by atoms with van der Waals surface area (Å²) < 4.78 is 14.0. The number of thiophene rings is 1. The van der Waals surface area contributed by atoms with E-state index in [0.717, 1.165) is 16.0 Å². The second-order valence-electron chi connectivity index (χ2n) is 7.42. The predicted molar refractivity (Wildman–Crippen MR) is 123 cm³/mol. The highest BCUT2D eigenvalue weighted by Crippen LogP contribution is 2.35. The summed E-state index contributed by atoms with van der Waals surface area (Å²) in [6.07, 6.45) is 0. The van der Waals surface area contributed by atoms with Crippen molar-refractivity contribution in [2.75, 3.05) is 31.9 Å². The van der Waals surface area contributed by atoms with Crippen LogP contribution in [-0.2, 0) is 26.1 Å². The molecule has 1 unspecified atom stereocenters. The van der Waals surface area contributed by atoms with Crippen LogP contribution in [0, 0.1) is 0 Å². The topological polar surface area (TPSA) is 57.7 Å². The minimum atomic E-state index is -1.29. The van der Waals surface area contributed by atoms with Crippen molar-refractivity contribution in [3.63, 3.8) is 0 Å². The average Bonchev–Trinajstić information content (AvgIpc) is 3.18. The molecule has 2 amide bonds. The van der Waals surface area contributed by atoms with Crippen LogP contribution in [0.1, 0.15) is 12.5 Å². The first-order valence-electron chi connectivity index (χ1n) is 9.96. The highest BCUT2D eigenvalue weighted by Gasteiger charge is 2.23. The van der Waals surface area contributed by atoms with Gasteiger partial charge in [-0.3, -0.25) is 13.8 Å². The Kier molecular flexibility index (Phi) is 6.29. The molecule has 1 atom stereocenters. The monoisotopic (exact) mass is 440 g/mol. The Balaban J connectivity index is 1.43. The Morgan fingerprint density at radius 3 is 2.37 bits per heavy atom. The predicted octanol–water partition coefficient (Wildman–Crippen LogP) is 3.51. The Morgan fingerprint density at radius 1 is 0.967 bits per heavy atom. The molecule has 4 rings (SSSR count). The standard InChI is InChI=1S/C23H24N2O3S2/c1-17(26)24-10-12-25(13-11-24)23(27)16-30(28)15-19-7-2-4-8-20(19)22-14-18-6-3-5-9-21(18)29-22/h2-9,14H,10-13,15-16H2,1H3. The van der Waals surface area contributed by atoms with Gasteiger partial charge >= 0.3 is 0 Å². The third-order valence-electron chi connectivity index (χ3n) is 5.39. The number of carbonyl (C=O) groups excluding carboxylic acids is 2. The van der Waals surface area contributed by atoms with Crippen LogP contribution in [0.25, 0.3) is 20.5 Å². The summed E-state index contributed by atoms with van der Waals surface area (Å²) >= 11 is 1.72. The van der Waals surface area contributed by atoms with Crippen molar-refractivity contribution >= 4 is 44.0 Å². The summed E-state index contributed by atoms with van der Waals surface area (Å²) in [6, 6.07) is 18.4. The molecule has 3 aromatic rings. The van der Waals surface area contributed by atoms with E-state index in [1.165, 1.54) is 10.1 Å². The number of benzene rings is 2. The lowest BCUT2D eigenvalue weighted by atomic mass is 10.1. The molecule has 1 saturated heterocycles. The zero-order chi connectivity index (χ0) is 21.1. The van der Waals surface area contributed by atoms with Gasteiger partial charge in [0.2, 0.25) is 11.8 Å². The summed E-state index contributed by atoms with van der Waals surface area (Å²) in [4.78, 5) is 28.6. The smallest absolute Gasteiger partial charge is 0.235 e. The minimum Gasteiger partial charge on any atom is -0.339 e. The average molecular weight is 441 g/mol. The molecule has 0 radical (unpaired) electrons. The minimum absolute atomic E-state index is 0.0147. The van der Waals surface area contributed by atoms with Gasteiger partial charge in [-0.25, -0.2) is 0 Å². The molecule has 0 saturated carbocycles. The van der Waals surface area contributed by atoms with E-state index < -0.39 is 10.8 Å². The van der Waals surface area contributed by atoms with Crippen LogP contribution >= 0.6 is 11.3 Å². The van der Waals surface area contributed by atoms with Crippen molar-refractivity contribution in [2.24, 2.45) is 0 Å². The summed E-state index contributed by atoms with van der Waals surface area (Å²) in [5, 5.41) is 1.20. The molecular weight excluding hydrogens is 416 g/mol. The van der Waals surface area contributed by atoms with Crippen molar-refractivity contribution < 1.29 is 13.8 Å². The van der Waals surface area contributed by atoms with Crippen LogP contribution in [0.3, 0.4) is 0 Å². The Labute approximate surface area is 182 Å². The normalized spacial score (nSPS) is 15.4. The van der Waals surface area contributed by atoms with Crippen LogP contribution < -0.4 is 0 Å². The fourth-order valence-corrected chi connectivity index (χ4v) is 6.01. The third-order valence-corrected chi connectivity index (χ3v) is 7.74. The van der Waals surface area contributed by atoms with Gasteiger partial charge in [-0.2, -0.15) is 0 Å². The van der Waals surface area contributed by atoms with Gasteiger partial charge < -0.3 is 9.80 Å². The summed E-state index contributed by atoms with van der Waals surface area (Å²) in [6.45, 7) is 3.65. The van der Waals surface area contributed by atoms with Gasteiger partial charge in [-0.1, -0.05) is 42.5 Å². The van der Waals surface area contributed by atoms with Gasteiger partial charge in [-0.15, -0.1) is 11.3 Å². The first-order valence-corrected chi connectivity index (χ1v) is 12.3. The van der Waals surface area contributed by atoms with E-state index in [9.17, 15) is 13.8 Å². The first kappa shape index (κ1) is 20.8. The van der Waals surface area contributed by atoms with E-state index in [1.807, 2.05) is 30.3 Å². The molecule has 2 aromatic carbocycles. The Morgan fingerprint density at radius 2 is 1.63 bits per heavy atom. The second-order valence-corrected chi connectivity index (χ2v) is 9.96. The van der Waals surface area contributed by atoms with Crippen molar-refractivity contribution in [3.8, 4) is 10.4 Å². The fraction of sp³-hybridized carbons (Fsp3) is 0.304. The van der Waals surface area contributed by atoms with Gasteiger partial charge in [0, 0.05) is 59.2 Å². The van der Waals surface area contributed by atoms with Gasteiger partial charge in [0.15, 0.2) is 0 Å². The van der Waals surface area contributed by atoms with E-state index in [0.29, 0.717) is 31.9 Å². The Hall–Kier alpha value is -2.51. The summed E-state index contributed by atoms with van der Waals surface area (Å²) in [5.41, 5.74) is 2.08. The van der Waals surface area contributed by atoms with E-state index in [-0.39, 0.29) is 17.6 Å². The third kappa shape index (κ3) is 4.63. The van der Waals surface area contributed by atoms with Crippen molar-refractivity contribution in [1.29, 1.82) is 0 Å². The molecule has 2 heterocycles. The molecule has 7 heteroatoms. The number of piperazine rings is 1. The van der Waals surface area contributed by atoms with Crippen molar-refractivity contribution in [2.45, 2.75) is 12.7 Å². The molecule has 1 aromatic heterocycles. The second kappa shape index (κ2) is 9.10. The van der Waals surface area contributed by atoms with Gasteiger partial charge in [0.1, 0.15) is 5.75 Å². The largest absolute Gasteiger partial charge is 0.339 e. The van der Waals surface area contributed by atoms with Crippen molar-refractivity contribution in [1.82, 2.24) is 9.80 Å². The number of carbonyl (C=O) groups is 2. The van der Waals surface area contributed by atoms with Gasteiger partial charge in [-0.05, 0) is 28.6 Å². The molecule has 1 aliphatic rings. The van der Waals surface area contributed by atoms with Crippen LogP contribution in [0.15, 0.2) is 54.6 Å². The highest BCUT2D eigenvalue weighted by molar-refractivity contribution is 7.84. The molecule has 0 bridgehead atoms. The lowest BCUT2D eigenvalue weighted by molar-refractivity contribution is -0.136. The molecule has 156 valence electrons. The number of fused-ring (bicyclic) bond motifs is 1. The summed E-state index contributed by atoms with van der Waals surface area (Å²) in [5.74, 6) is 0.295. The quantitative estimate of drug-likeness (QED) is 0.610. The van der Waals surface area contributed by atoms with Crippen molar-refractivity contribution in [3.05, 3.63) is 60.2 Å². The number of nitrogens with zero attached hydrogens (tertiary/aromatic N) is 2. The molecule has 0 aliphatic carbocycles. The van der Waals surface area contributed by atoms with Crippen LogP contribution in [0.4, 0.5) is 0 Å². The molecule has 1 aliphatic heterocycles. The van der Waals surface area contributed by atoms with Gasteiger partial charge in [0.05, 0.1) is 0 Å². The number of rotatable bonds is 5. The van der Waals surface area contributed by atoms with E-state index in [4.69, 9.17) is 0 Å². The molecule has 0 N–H and O–H groups in total. The maximum Gasteiger partial charge on any atom is 0.235 e. The zero-order valence-electron chi connectivity index (χ0n) is 16.9. The van der Waals surface area contributed by atoms with Crippen LogP contribution in [0.2, 0.25) is 0 Å². The van der Waals surface area contributed by atoms with E-state index >= 15 is 0 Å². The number of amides is 2. The molecule has 5 nitrogen and oxygen atoms in total. The van der Waals surface area contributed by atoms with Gasteiger partial charge in [0.25, 0.3) is 0 Å². The SMILES string of the molecule is CC(=O)N1CCN(C(=O)CS(=O)Cc2ccccc2-c2cc3ccccc3s2)CC1. The molecule has 0 spiro atoms. The van der Waals surface area contributed by atoms with E-state index in [1.54, 1.807) is 28.1 Å². The molecule has 30 heavy (non-hydrogen) atoms. The number of hydrogen-bond acceptors (Lipinski definition) is 4. The summed E-state index contributed by atoms with van der Waals surface area (Å²) in [7, 11) is -1.29. The van der Waals surface area contributed by atoms with Crippen LogP contribution in [0.5, 0.6) is 0 Å². The maximum atomic E-state index is 12.8. The lowest BCUT2D eigenvalue weighted by Gasteiger charge is -2.34. The zero-order valence-corrected chi connectivity index (χ0v) is 18.5. The molecular formula is C23H24N2O3S2. The molecule has 1 fully saturated rings. The maximum absolute atomic E-state index is 12.8. The first-order chi connectivity index (χ1) is 14.5.